The van der Waals surface area contributed by atoms with E-state index in [0.717, 1.165) is 9.78 Å². The Kier molecular flexibility index (Phi) is 5.61. The number of fused-ring (bicyclic) bond motifs is 1. The van der Waals surface area contributed by atoms with Crippen LogP contribution in [-0.2, 0) is 14.3 Å². The van der Waals surface area contributed by atoms with E-state index in [1.165, 1.54) is 34.7 Å². The van der Waals surface area contributed by atoms with Gasteiger partial charge in [0.25, 0.3) is 5.84 Å². The summed E-state index contributed by atoms with van der Waals surface area (Å²) in [5, 5.41) is 2.39. The molecule has 0 aromatic carbocycles. The first-order valence-electron chi connectivity index (χ1n) is 9.09. The van der Waals surface area contributed by atoms with Crippen molar-refractivity contribution < 1.29 is 23.7 Å². The number of rotatable bonds is 3. The van der Waals surface area contributed by atoms with E-state index in [1.807, 2.05) is 17.5 Å². The standard InChI is InChI=1S/C18H20N5O4S2/c1-21-15-13(17(25)22(2)18(21)26)16(20-14(19-15)11-4-3-9-28-11)29-10-12(24)23-5-7-27-8-6-23/h3-4,9,13H,5-8,10H2,1-2H3/q+1. The molecule has 0 saturated carbocycles. The molecule has 0 aliphatic carbocycles. The number of amidine groups is 2. The van der Waals surface area contributed by atoms with Crippen LogP contribution in [0.2, 0.25) is 0 Å². The molecule has 4 heterocycles. The molecule has 152 valence electrons. The zero-order chi connectivity index (χ0) is 20.5. The maximum atomic E-state index is 12.9. The molecule has 1 unspecified atom stereocenters. The minimum absolute atomic E-state index is 0.0243. The fourth-order valence-electron chi connectivity index (χ4n) is 3.24. The first-order chi connectivity index (χ1) is 14.0. The number of hydrogen-bond donors (Lipinski definition) is 0. The molecule has 1 fully saturated rings. The zero-order valence-corrected chi connectivity index (χ0v) is 17.7. The number of carbonyl (C=O) groups is 3. The summed E-state index contributed by atoms with van der Waals surface area (Å²) in [4.78, 5) is 50.6. The number of nitrogens with zero attached hydrogens (tertiary/aromatic N) is 5. The molecule has 1 saturated heterocycles. The van der Waals surface area contributed by atoms with Crippen LogP contribution in [0.15, 0.2) is 27.5 Å². The third-order valence-corrected chi connectivity index (χ3v) is 6.77. The zero-order valence-electron chi connectivity index (χ0n) is 16.0. The van der Waals surface area contributed by atoms with E-state index in [0.29, 0.717) is 43.0 Å². The van der Waals surface area contributed by atoms with Crippen LogP contribution in [0.4, 0.5) is 4.79 Å². The molecular weight excluding hydrogens is 414 g/mol. The van der Waals surface area contributed by atoms with E-state index < -0.39 is 11.9 Å². The summed E-state index contributed by atoms with van der Waals surface area (Å²) in [5.74, 6) is -0.239. The first-order valence-corrected chi connectivity index (χ1v) is 11.0. The summed E-state index contributed by atoms with van der Waals surface area (Å²) in [7, 11) is 3.03. The van der Waals surface area contributed by atoms with Crippen molar-refractivity contribution in [2.75, 3.05) is 46.2 Å². The highest BCUT2D eigenvalue weighted by Gasteiger charge is 2.49. The predicted octanol–water partition coefficient (Wildman–Crippen LogP) is 0.748. The number of ether oxygens (including phenoxy) is 1. The number of aliphatic imine (C=N–C) groups is 2. The van der Waals surface area contributed by atoms with Crippen molar-refractivity contribution in [2.45, 2.75) is 0 Å². The average Bonchev–Trinajstić information content (AvgIpc) is 3.29. The van der Waals surface area contributed by atoms with Gasteiger partial charge in [-0.05, 0) is 11.4 Å². The monoisotopic (exact) mass is 434 g/mol. The normalized spacial score (nSPS) is 22.5. The molecular formula is C18H20N5O4S2+. The molecule has 4 amide bonds. The number of carbonyl (C=O) groups excluding carboxylic acids is 3. The van der Waals surface area contributed by atoms with Gasteiger partial charge in [-0.3, -0.25) is 9.59 Å². The van der Waals surface area contributed by atoms with Crippen LogP contribution in [0.1, 0.15) is 4.88 Å². The molecule has 9 nitrogen and oxygen atoms in total. The van der Waals surface area contributed by atoms with Crippen molar-refractivity contribution in [3.05, 3.63) is 22.4 Å². The van der Waals surface area contributed by atoms with Crippen LogP contribution in [0.5, 0.6) is 0 Å². The Bertz CT molecular complexity index is 947. The molecule has 1 aromatic rings. The number of hydrogen-bond acceptors (Lipinski definition) is 8. The fraction of sp³-hybridized carbons (Fsp3) is 0.444. The third kappa shape index (κ3) is 3.77. The van der Waals surface area contributed by atoms with Crippen molar-refractivity contribution in [2.24, 2.45) is 15.9 Å². The molecule has 1 atom stereocenters. The Morgan fingerprint density at radius 3 is 2.79 bits per heavy atom. The van der Waals surface area contributed by atoms with Gasteiger partial charge in [-0.15, -0.1) is 11.3 Å². The Balaban J connectivity index is 1.64. The van der Waals surface area contributed by atoms with Crippen molar-refractivity contribution in [1.29, 1.82) is 0 Å². The summed E-state index contributed by atoms with van der Waals surface area (Å²) in [6.45, 7) is 2.19. The van der Waals surface area contributed by atoms with Gasteiger partial charge in [0.15, 0.2) is 5.92 Å². The van der Waals surface area contributed by atoms with Crippen LogP contribution in [0.3, 0.4) is 0 Å². The average molecular weight is 435 g/mol. The summed E-state index contributed by atoms with van der Waals surface area (Å²) in [5.41, 5.74) is 0. The topological polar surface area (TPSA) is 94.7 Å². The Morgan fingerprint density at radius 2 is 2.10 bits per heavy atom. The van der Waals surface area contributed by atoms with Crippen LogP contribution in [0, 0.1) is 5.92 Å². The lowest BCUT2D eigenvalue weighted by atomic mass is 10.0. The molecule has 0 radical (unpaired) electrons. The molecule has 29 heavy (non-hydrogen) atoms. The Hall–Kier alpha value is -2.37. The van der Waals surface area contributed by atoms with Gasteiger partial charge in [-0.2, -0.15) is 9.48 Å². The van der Waals surface area contributed by atoms with Gasteiger partial charge in [0.1, 0.15) is 5.04 Å². The van der Waals surface area contributed by atoms with E-state index in [1.54, 1.807) is 11.9 Å². The highest BCUT2D eigenvalue weighted by atomic mass is 32.2. The van der Waals surface area contributed by atoms with Crippen molar-refractivity contribution in [3.8, 4) is 0 Å². The smallest absolute Gasteiger partial charge is 0.378 e. The highest BCUT2D eigenvalue weighted by molar-refractivity contribution is 8.14. The fourth-order valence-corrected chi connectivity index (χ4v) is 4.88. The number of urea groups is 1. The maximum Gasteiger partial charge on any atom is 0.445 e. The van der Waals surface area contributed by atoms with Crippen LogP contribution in [-0.4, -0.2) is 95.1 Å². The number of thiophene rings is 1. The number of imide groups is 1. The Labute approximate surface area is 175 Å². The predicted molar refractivity (Wildman–Crippen MR) is 111 cm³/mol. The van der Waals surface area contributed by atoms with Gasteiger partial charge in [0.2, 0.25) is 11.7 Å². The molecule has 11 heteroatoms. The van der Waals surface area contributed by atoms with E-state index in [2.05, 4.69) is 9.98 Å². The minimum atomic E-state index is -0.783. The van der Waals surface area contributed by atoms with Crippen molar-refractivity contribution in [3.63, 3.8) is 0 Å². The SMILES string of the molecule is CN1C(=O)C2C(SCC(=O)N3CCOCC3)=NC(c3cccs3)=NC2=[N+](C)C1=O. The summed E-state index contributed by atoms with van der Waals surface area (Å²) in [6, 6.07) is 3.33. The molecule has 3 aliphatic rings. The second kappa shape index (κ2) is 8.17. The summed E-state index contributed by atoms with van der Waals surface area (Å²) < 4.78 is 6.66. The molecule has 3 aliphatic heterocycles. The van der Waals surface area contributed by atoms with Crippen LogP contribution < -0.4 is 0 Å². The highest BCUT2D eigenvalue weighted by Crippen LogP contribution is 2.27. The molecule has 0 spiro atoms. The van der Waals surface area contributed by atoms with E-state index in [-0.39, 0.29) is 17.6 Å². The minimum Gasteiger partial charge on any atom is -0.378 e. The lowest BCUT2D eigenvalue weighted by molar-refractivity contribution is -0.407. The Morgan fingerprint density at radius 1 is 1.34 bits per heavy atom. The van der Waals surface area contributed by atoms with Gasteiger partial charge in [0, 0.05) is 13.1 Å². The van der Waals surface area contributed by atoms with Crippen LogP contribution >= 0.6 is 23.1 Å². The van der Waals surface area contributed by atoms with Gasteiger partial charge < -0.3 is 9.64 Å². The van der Waals surface area contributed by atoms with Crippen LogP contribution in [0.25, 0.3) is 0 Å². The molecule has 0 bridgehead atoms. The first kappa shape index (κ1) is 19.9. The second-order valence-corrected chi connectivity index (χ2v) is 8.62. The lowest BCUT2D eigenvalue weighted by Crippen LogP contribution is -2.54. The van der Waals surface area contributed by atoms with Crippen molar-refractivity contribution in [1.82, 2.24) is 9.80 Å². The molecule has 0 N–H and O–H groups in total. The quantitative estimate of drug-likeness (QED) is 0.655. The third-order valence-electron chi connectivity index (χ3n) is 4.89. The summed E-state index contributed by atoms with van der Waals surface area (Å²) >= 11 is 2.70. The van der Waals surface area contributed by atoms with E-state index >= 15 is 0 Å². The van der Waals surface area contributed by atoms with Gasteiger partial charge in [0.05, 0.1) is 37.9 Å². The molecule has 1 aromatic heterocycles. The lowest BCUT2D eigenvalue weighted by Gasteiger charge is -2.28. The number of thioether (sulfide) groups is 1. The van der Waals surface area contributed by atoms with Gasteiger partial charge >= 0.3 is 11.9 Å². The largest absolute Gasteiger partial charge is 0.445 e. The molecule has 4 rings (SSSR count). The van der Waals surface area contributed by atoms with Gasteiger partial charge in [-0.25, -0.2) is 9.79 Å². The second-order valence-electron chi connectivity index (χ2n) is 6.67. The number of amides is 4. The maximum absolute atomic E-state index is 12.9. The van der Waals surface area contributed by atoms with Gasteiger partial charge in [-0.1, -0.05) is 22.8 Å². The van der Waals surface area contributed by atoms with E-state index in [4.69, 9.17) is 4.74 Å². The summed E-state index contributed by atoms with van der Waals surface area (Å²) in [6.07, 6.45) is 0. The number of morpholine rings is 1. The van der Waals surface area contributed by atoms with E-state index in [9.17, 15) is 14.4 Å². The van der Waals surface area contributed by atoms with Crippen molar-refractivity contribution >= 4 is 57.7 Å².